The van der Waals surface area contributed by atoms with Crippen LogP contribution in [0.5, 0.6) is 0 Å². The summed E-state index contributed by atoms with van der Waals surface area (Å²) in [5, 5.41) is 0. The minimum atomic E-state index is 0.444. The Balaban J connectivity index is 2.36. The van der Waals surface area contributed by atoms with E-state index in [1.54, 1.807) is 0 Å². The molecular weight excluding hydrogens is 208 g/mol. The van der Waals surface area contributed by atoms with Crippen LogP contribution in [0.15, 0.2) is 0 Å². The molecular formula is C16H30O. The molecule has 0 heterocycles. The molecule has 1 heteroatoms. The van der Waals surface area contributed by atoms with Crippen LogP contribution in [-0.2, 0) is 4.79 Å². The van der Waals surface area contributed by atoms with Gasteiger partial charge in [0.25, 0.3) is 0 Å². The largest absolute Gasteiger partial charge is 0.300 e. The molecule has 1 nitrogen and oxygen atoms in total. The lowest BCUT2D eigenvalue weighted by atomic mass is 9.73. The monoisotopic (exact) mass is 238 g/mol. The molecule has 0 aromatic heterocycles. The molecule has 0 radical (unpaired) electrons. The SMILES string of the molecule is CCCC(=O)C[C@H]1CCC[C@H](CC(C)(C)C)C1. The van der Waals surface area contributed by atoms with Crippen LogP contribution >= 0.6 is 0 Å². The maximum absolute atomic E-state index is 11.7. The second-order valence-corrected chi connectivity index (χ2v) is 7.16. The quantitative estimate of drug-likeness (QED) is 0.659. The zero-order valence-corrected chi connectivity index (χ0v) is 12.2. The number of ketones is 1. The molecule has 0 aromatic rings. The van der Waals surface area contributed by atoms with Crippen LogP contribution in [0.1, 0.15) is 79.1 Å². The van der Waals surface area contributed by atoms with Gasteiger partial charge in [0.1, 0.15) is 5.78 Å². The Hall–Kier alpha value is -0.330. The van der Waals surface area contributed by atoms with Crippen LogP contribution in [0.2, 0.25) is 0 Å². The zero-order valence-electron chi connectivity index (χ0n) is 12.2. The maximum atomic E-state index is 11.7. The Bertz CT molecular complexity index is 236. The molecule has 0 unspecified atom stereocenters. The van der Waals surface area contributed by atoms with Crippen LogP contribution in [0.3, 0.4) is 0 Å². The van der Waals surface area contributed by atoms with Crippen molar-refractivity contribution in [2.45, 2.75) is 79.1 Å². The highest BCUT2D eigenvalue weighted by Crippen LogP contribution is 2.38. The minimum Gasteiger partial charge on any atom is -0.300 e. The fraction of sp³-hybridized carbons (Fsp3) is 0.938. The van der Waals surface area contributed by atoms with E-state index in [1.807, 2.05) is 0 Å². The van der Waals surface area contributed by atoms with E-state index in [0.29, 0.717) is 17.1 Å². The van der Waals surface area contributed by atoms with E-state index in [4.69, 9.17) is 0 Å². The predicted molar refractivity (Wildman–Crippen MR) is 74.1 cm³/mol. The average Bonchev–Trinajstić information content (AvgIpc) is 2.15. The van der Waals surface area contributed by atoms with Crippen LogP contribution in [0, 0.1) is 17.3 Å². The molecule has 1 aliphatic carbocycles. The van der Waals surface area contributed by atoms with Gasteiger partial charge in [-0.3, -0.25) is 4.79 Å². The normalized spacial score (nSPS) is 25.9. The van der Waals surface area contributed by atoms with Crippen LogP contribution in [-0.4, -0.2) is 5.78 Å². The van der Waals surface area contributed by atoms with Crippen molar-refractivity contribution >= 4 is 5.78 Å². The molecule has 0 saturated heterocycles. The number of rotatable bonds is 5. The average molecular weight is 238 g/mol. The molecule has 17 heavy (non-hydrogen) atoms. The molecule has 100 valence electrons. The lowest BCUT2D eigenvalue weighted by molar-refractivity contribution is -0.120. The summed E-state index contributed by atoms with van der Waals surface area (Å²) in [7, 11) is 0. The maximum Gasteiger partial charge on any atom is 0.133 e. The van der Waals surface area contributed by atoms with Crippen molar-refractivity contribution in [3.8, 4) is 0 Å². The number of hydrogen-bond acceptors (Lipinski definition) is 1. The van der Waals surface area contributed by atoms with Gasteiger partial charge in [0, 0.05) is 12.8 Å². The van der Waals surface area contributed by atoms with Crippen LogP contribution in [0.25, 0.3) is 0 Å². The first-order valence-electron chi connectivity index (χ1n) is 7.42. The van der Waals surface area contributed by atoms with Crippen molar-refractivity contribution in [3.63, 3.8) is 0 Å². The molecule has 0 aliphatic heterocycles. The first-order chi connectivity index (χ1) is 7.90. The number of hydrogen-bond donors (Lipinski definition) is 0. The second kappa shape index (κ2) is 6.56. The molecule has 0 aromatic carbocycles. The van der Waals surface area contributed by atoms with Gasteiger partial charge in [0.05, 0.1) is 0 Å². The highest BCUT2D eigenvalue weighted by atomic mass is 16.1. The van der Waals surface area contributed by atoms with Gasteiger partial charge in [0.2, 0.25) is 0 Å². The number of carbonyl (C=O) groups is 1. The standard InChI is InChI=1S/C16H30O/c1-5-7-15(17)11-13-8-6-9-14(10-13)12-16(2,3)4/h13-14H,5-12H2,1-4H3/t13-,14-/m0/s1. The van der Waals surface area contributed by atoms with Crippen molar-refractivity contribution in [1.29, 1.82) is 0 Å². The van der Waals surface area contributed by atoms with Crippen molar-refractivity contribution in [3.05, 3.63) is 0 Å². The van der Waals surface area contributed by atoms with Gasteiger partial charge in [-0.2, -0.15) is 0 Å². The summed E-state index contributed by atoms with van der Waals surface area (Å²) in [6.45, 7) is 9.09. The summed E-state index contributed by atoms with van der Waals surface area (Å²) in [6.07, 6.45) is 9.29. The van der Waals surface area contributed by atoms with E-state index in [2.05, 4.69) is 27.7 Å². The molecule has 1 fully saturated rings. The van der Waals surface area contributed by atoms with Gasteiger partial charge in [0.15, 0.2) is 0 Å². The highest BCUT2D eigenvalue weighted by molar-refractivity contribution is 5.78. The highest BCUT2D eigenvalue weighted by Gasteiger charge is 2.26. The smallest absolute Gasteiger partial charge is 0.133 e. The Morgan fingerprint density at radius 2 is 1.82 bits per heavy atom. The third-order valence-electron chi connectivity index (χ3n) is 3.84. The molecule has 1 rings (SSSR count). The molecule has 0 amide bonds. The van der Waals surface area contributed by atoms with Gasteiger partial charge in [-0.15, -0.1) is 0 Å². The third kappa shape index (κ3) is 6.24. The van der Waals surface area contributed by atoms with Crippen molar-refractivity contribution < 1.29 is 4.79 Å². The van der Waals surface area contributed by atoms with E-state index in [0.717, 1.165) is 25.2 Å². The topological polar surface area (TPSA) is 17.1 Å². The molecule has 1 saturated carbocycles. The summed E-state index contributed by atoms with van der Waals surface area (Å²) in [6, 6.07) is 0. The summed E-state index contributed by atoms with van der Waals surface area (Å²) < 4.78 is 0. The van der Waals surface area contributed by atoms with E-state index >= 15 is 0 Å². The van der Waals surface area contributed by atoms with Crippen LogP contribution < -0.4 is 0 Å². The van der Waals surface area contributed by atoms with Crippen molar-refractivity contribution in [2.24, 2.45) is 17.3 Å². The number of Topliss-reactive ketones (excluding diaryl/α,β-unsaturated/α-hetero) is 1. The minimum absolute atomic E-state index is 0.444. The fourth-order valence-electron chi connectivity index (χ4n) is 3.34. The Morgan fingerprint density at radius 3 is 2.41 bits per heavy atom. The number of carbonyl (C=O) groups excluding carboxylic acids is 1. The lowest BCUT2D eigenvalue weighted by Crippen LogP contribution is -2.22. The first-order valence-corrected chi connectivity index (χ1v) is 7.42. The summed E-state index contributed by atoms with van der Waals surface area (Å²) >= 11 is 0. The third-order valence-corrected chi connectivity index (χ3v) is 3.84. The van der Waals surface area contributed by atoms with Gasteiger partial charge in [-0.25, -0.2) is 0 Å². The molecule has 0 bridgehead atoms. The Kier molecular flexibility index (Phi) is 5.69. The van der Waals surface area contributed by atoms with Gasteiger partial charge in [-0.1, -0.05) is 47.0 Å². The second-order valence-electron chi connectivity index (χ2n) is 7.16. The Labute approximate surface area is 107 Å². The zero-order chi connectivity index (χ0) is 12.9. The molecule has 0 N–H and O–H groups in total. The molecule has 1 aliphatic rings. The predicted octanol–water partition coefficient (Wildman–Crippen LogP) is 4.99. The summed E-state index contributed by atoms with van der Waals surface area (Å²) in [4.78, 5) is 11.7. The molecule has 0 spiro atoms. The van der Waals surface area contributed by atoms with Gasteiger partial charge >= 0.3 is 0 Å². The summed E-state index contributed by atoms with van der Waals surface area (Å²) in [5.74, 6) is 2.05. The first kappa shape index (κ1) is 14.7. The Morgan fingerprint density at radius 1 is 1.18 bits per heavy atom. The van der Waals surface area contributed by atoms with Crippen molar-refractivity contribution in [1.82, 2.24) is 0 Å². The molecule has 2 atom stereocenters. The van der Waals surface area contributed by atoms with E-state index in [-0.39, 0.29) is 0 Å². The van der Waals surface area contributed by atoms with Crippen LogP contribution in [0.4, 0.5) is 0 Å². The van der Waals surface area contributed by atoms with E-state index in [9.17, 15) is 4.79 Å². The fourth-order valence-corrected chi connectivity index (χ4v) is 3.34. The van der Waals surface area contributed by atoms with Crippen molar-refractivity contribution in [2.75, 3.05) is 0 Å². The van der Waals surface area contributed by atoms with Gasteiger partial charge < -0.3 is 0 Å². The van der Waals surface area contributed by atoms with E-state index < -0.39 is 0 Å². The lowest BCUT2D eigenvalue weighted by Gasteiger charge is -2.33. The summed E-state index contributed by atoms with van der Waals surface area (Å²) in [5.41, 5.74) is 0.444. The van der Waals surface area contributed by atoms with Gasteiger partial charge in [-0.05, 0) is 36.5 Å². The van der Waals surface area contributed by atoms with E-state index in [1.165, 1.54) is 32.1 Å².